The van der Waals surface area contributed by atoms with Crippen molar-refractivity contribution < 1.29 is 30.2 Å². The average Bonchev–Trinajstić information content (AvgIpc) is 2.70. The van der Waals surface area contributed by atoms with Crippen molar-refractivity contribution >= 4 is 11.9 Å². The summed E-state index contributed by atoms with van der Waals surface area (Å²) in [6.45, 7) is 15.7. The Morgan fingerprint density at radius 1 is 0.694 bits per heavy atom. The number of unbranched alkanes of at least 4 members (excludes halogenated alkanes) is 4. The number of hydrogen-bond acceptors (Lipinski definition) is 8. The van der Waals surface area contributed by atoms with E-state index in [1.54, 1.807) is 0 Å². The van der Waals surface area contributed by atoms with Crippen molar-refractivity contribution in [2.75, 3.05) is 0 Å². The SMILES string of the molecule is CC1(C)CC(C(CCCCCCCC(=O)[O-])(C(=O)[O-])C2CC(C)(C)N(O)C(C)(C)C2)CC(C)(C)N1O. The van der Waals surface area contributed by atoms with Crippen LogP contribution in [-0.2, 0) is 9.59 Å². The largest absolute Gasteiger partial charge is 0.550 e. The van der Waals surface area contributed by atoms with Crippen molar-refractivity contribution in [2.45, 2.75) is 148 Å². The summed E-state index contributed by atoms with van der Waals surface area (Å²) >= 11 is 0. The summed E-state index contributed by atoms with van der Waals surface area (Å²) in [6, 6.07) is 0. The molecule has 2 fully saturated rings. The number of carbonyl (C=O) groups excluding carboxylic acids is 2. The molecule has 0 bridgehead atoms. The highest BCUT2D eigenvalue weighted by Gasteiger charge is 2.58. The van der Waals surface area contributed by atoms with Crippen LogP contribution in [0.1, 0.15) is 126 Å². The van der Waals surface area contributed by atoms with Gasteiger partial charge >= 0.3 is 0 Å². The molecule has 36 heavy (non-hydrogen) atoms. The first-order valence-corrected chi connectivity index (χ1v) is 13.7. The highest BCUT2D eigenvalue weighted by atomic mass is 16.5. The van der Waals surface area contributed by atoms with Gasteiger partial charge in [-0.05, 0) is 112 Å². The number of carbonyl (C=O) groups is 2. The van der Waals surface area contributed by atoms with E-state index >= 15 is 0 Å². The van der Waals surface area contributed by atoms with Crippen molar-refractivity contribution in [1.82, 2.24) is 10.1 Å². The zero-order chi connectivity index (χ0) is 27.7. The van der Waals surface area contributed by atoms with Crippen LogP contribution >= 0.6 is 0 Å². The van der Waals surface area contributed by atoms with E-state index in [2.05, 4.69) is 0 Å². The minimum atomic E-state index is -1.10. The monoisotopic (exact) mass is 510 g/mol. The summed E-state index contributed by atoms with van der Waals surface area (Å²) < 4.78 is 0. The first-order chi connectivity index (χ1) is 16.3. The number of hydrogen-bond donors (Lipinski definition) is 2. The molecule has 2 heterocycles. The van der Waals surface area contributed by atoms with Crippen LogP contribution in [0.5, 0.6) is 0 Å². The van der Waals surface area contributed by atoms with E-state index in [1.807, 2.05) is 55.4 Å². The van der Waals surface area contributed by atoms with Gasteiger partial charge in [0.15, 0.2) is 0 Å². The van der Waals surface area contributed by atoms with Gasteiger partial charge in [-0.3, -0.25) is 0 Å². The van der Waals surface area contributed by atoms with E-state index < -0.39 is 39.5 Å². The van der Waals surface area contributed by atoms with Crippen molar-refractivity contribution in [3.05, 3.63) is 0 Å². The molecule has 0 unspecified atom stereocenters. The predicted molar refractivity (Wildman–Crippen MR) is 134 cm³/mol. The molecule has 0 aliphatic carbocycles. The van der Waals surface area contributed by atoms with E-state index in [0.717, 1.165) is 19.3 Å². The number of carboxylic acid groups (broad SMARTS) is 2. The first kappa shape index (κ1) is 31.0. The fraction of sp³-hybridized carbons (Fsp3) is 0.929. The van der Waals surface area contributed by atoms with Crippen LogP contribution in [-0.4, -0.2) is 54.6 Å². The minimum Gasteiger partial charge on any atom is -0.550 e. The fourth-order valence-corrected chi connectivity index (χ4v) is 7.66. The molecular formula is C28H50N2O6-2. The Morgan fingerprint density at radius 3 is 1.36 bits per heavy atom. The number of nitrogens with zero attached hydrogens (tertiary/aromatic N) is 2. The van der Waals surface area contributed by atoms with Crippen molar-refractivity contribution in [1.29, 1.82) is 0 Å². The Labute approximate surface area is 218 Å². The second-order valence-electron chi connectivity index (χ2n) is 14.1. The summed E-state index contributed by atoms with van der Waals surface area (Å²) in [4.78, 5) is 24.0. The third kappa shape index (κ3) is 6.43. The highest BCUT2D eigenvalue weighted by Crippen LogP contribution is 2.57. The molecule has 210 valence electrons. The Balaban J connectivity index is 2.42. The van der Waals surface area contributed by atoms with Crippen LogP contribution in [0.25, 0.3) is 0 Å². The number of carboxylic acids is 2. The number of hydroxylamine groups is 4. The summed E-state index contributed by atoms with van der Waals surface area (Å²) in [5, 5.41) is 48.6. The molecule has 0 aromatic heterocycles. The lowest BCUT2D eigenvalue weighted by molar-refractivity contribution is -0.338. The molecule has 2 N–H and O–H groups in total. The maximum absolute atomic E-state index is 13.3. The fourth-order valence-electron chi connectivity index (χ4n) is 7.66. The van der Waals surface area contributed by atoms with Crippen LogP contribution in [0.15, 0.2) is 0 Å². The molecule has 0 amide bonds. The van der Waals surface area contributed by atoms with Crippen LogP contribution < -0.4 is 10.2 Å². The number of piperidine rings is 2. The Hall–Kier alpha value is -1.22. The Bertz CT molecular complexity index is 713. The second-order valence-corrected chi connectivity index (χ2v) is 14.1. The topological polar surface area (TPSA) is 127 Å². The molecule has 0 spiro atoms. The average molecular weight is 511 g/mol. The first-order valence-electron chi connectivity index (χ1n) is 13.7. The van der Waals surface area contributed by atoms with Gasteiger partial charge in [-0.15, -0.1) is 0 Å². The molecule has 0 aromatic rings. The maximum atomic E-state index is 13.3. The summed E-state index contributed by atoms with van der Waals surface area (Å²) in [5.41, 5.74) is -3.49. The molecule has 2 aliphatic rings. The predicted octanol–water partition coefficient (Wildman–Crippen LogP) is 3.52. The lowest BCUT2D eigenvalue weighted by Crippen LogP contribution is -2.67. The number of aliphatic carboxylic acids is 2. The van der Waals surface area contributed by atoms with E-state index in [1.165, 1.54) is 10.1 Å². The molecule has 2 saturated heterocycles. The lowest BCUT2D eigenvalue weighted by Gasteiger charge is -2.62. The normalized spacial score (nSPS) is 25.1. The molecule has 2 rings (SSSR count). The van der Waals surface area contributed by atoms with Crippen molar-refractivity contribution in [3.63, 3.8) is 0 Å². The maximum Gasteiger partial charge on any atom is 0.0481 e. The van der Waals surface area contributed by atoms with Gasteiger partial charge in [-0.1, -0.05) is 25.7 Å². The van der Waals surface area contributed by atoms with Crippen molar-refractivity contribution in [2.24, 2.45) is 17.3 Å². The zero-order valence-electron chi connectivity index (χ0n) is 23.9. The molecule has 0 radical (unpaired) electrons. The van der Waals surface area contributed by atoms with Gasteiger partial charge in [-0.25, -0.2) is 0 Å². The van der Waals surface area contributed by atoms with Gasteiger partial charge in [-0.2, -0.15) is 10.1 Å². The Morgan fingerprint density at radius 2 is 1.03 bits per heavy atom. The van der Waals surface area contributed by atoms with Gasteiger partial charge in [0.2, 0.25) is 0 Å². The van der Waals surface area contributed by atoms with E-state index in [9.17, 15) is 30.2 Å². The quantitative estimate of drug-likeness (QED) is 0.404. The molecule has 8 nitrogen and oxygen atoms in total. The molecule has 2 aliphatic heterocycles. The van der Waals surface area contributed by atoms with E-state index in [4.69, 9.17) is 0 Å². The van der Waals surface area contributed by atoms with Crippen LogP contribution in [0.2, 0.25) is 0 Å². The van der Waals surface area contributed by atoms with E-state index in [0.29, 0.717) is 44.9 Å². The molecule has 0 atom stereocenters. The van der Waals surface area contributed by atoms with Crippen LogP contribution in [0, 0.1) is 17.3 Å². The van der Waals surface area contributed by atoms with Gasteiger partial charge in [0, 0.05) is 39.5 Å². The highest BCUT2D eigenvalue weighted by molar-refractivity contribution is 5.73. The van der Waals surface area contributed by atoms with Crippen molar-refractivity contribution in [3.8, 4) is 0 Å². The smallest absolute Gasteiger partial charge is 0.0481 e. The molecule has 0 saturated carbocycles. The summed E-state index contributed by atoms with van der Waals surface area (Å²) in [5.74, 6) is -2.45. The van der Waals surface area contributed by atoms with Gasteiger partial charge in [0.05, 0.1) is 0 Å². The zero-order valence-corrected chi connectivity index (χ0v) is 23.9. The number of rotatable bonds is 11. The molecular weight excluding hydrogens is 460 g/mol. The summed E-state index contributed by atoms with van der Waals surface area (Å²) in [7, 11) is 0. The Kier molecular flexibility index (Phi) is 9.36. The molecule has 8 heteroatoms. The summed E-state index contributed by atoms with van der Waals surface area (Å²) in [6.07, 6.45) is 6.38. The van der Waals surface area contributed by atoms with Gasteiger partial charge in [0.25, 0.3) is 0 Å². The van der Waals surface area contributed by atoms with Gasteiger partial charge in [0.1, 0.15) is 0 Å². The van der Waals surface area contributed by atoms with Gasteiger partial charge < -0.3 is 30.2 Å². The third-order valence-electron chi connectivity index (χ3n) is 9.09. The molecule has 0 aromatic carbocycles. The lowest BCUT2D eigenvalue weighted by atomic mass is 9.52. The van der Waals surface area contributed by atoms with Crippen LogP contribution in [0.4, 0.5) is 0 Å². The minimum absolute atomic E-state index is 0.0524. The van der Waals surface area contributed by atoms with Crippen LogP contribution in [0.3, 0.4) is 0 Å². The van der Waals surface area contributed by atoms with E-state index in [-0.39, 0.29) is 18.3 Å². The third-order valence-corrected chi connectivity index (χ3v) is 9.09. The standard InChI is InChI=1S/C28H52N2O6/c1-24(2)16-20(17-25(3,4)29(24)35)28(23(33)34,15-13-11-9-10-12-14-22(31)32)21-18-26(5,6)30(36)27(7,8)19-21/h20-21,35-36H,9-19H2,1-8H3,(H,31,32)(H,33,34)/p-2. The second kappa shape index (κ2) is 10.9.